The first-order valence-corrected chi connectivity index (χ1v) is 10.2. The maximum atomic E-state index is 12.9. The van der Waals surface area contributed by atoms with Gasteiger partial charge in [-0.25, -0.2) is 0 Å². The van der Waals surface area contributed by atoms with Gasteiger partial charge in [-0.2, -0.15) is 0 Å². The van der Waals surface area contributed by atoms with Crippen LogP contribution in [-0.2, 0) is 22.7 Å². The molecule has 2 heterocycles. The zero-order valence-corrected chi connectivity index (χ0v) is 16.1. The smallest absolute Gasteiger partial charge is 0.255 e. The van der Waals surface area contributed by atoms with Crippen LogP contribution in [0.15, 0.2) is 18.2 Å². The molecular weight excluding hydrogens is 356 g/mol. The van der Waals surface area contributed by atoms with Crippen LogP contribution in [0.1, 0.15) is 60.0 Å². The van der Waals surface area contributed by atoms with Gasteiger partial charge in [-0.3, -0.25) is 19.7 Å². The number of carbonyl (C=O) groups is 3. The van der Waals surface area contributed by atoms with Crippen LogP contribution in [0.25, 0.3) is 0 Å². The van der Waals surface area contributed by atoms with Crippen molar-refractivity contribution in [2.45, 2.75) is 63.7 Å². The van der Waals surface area contributed by atoms with Gasteiger partial charge in [0.2, 0.25) is 11.8 Å². The van der Waals surface area contributed by atoms with Gasteiger partial charge in [-0.1, -0.05) is 18.6 Å². The highest BCUT2D eigenvalue weighted by molar-refractivity contribution is 6.05. The Hall–Kier alpha value is -2.25. The first kappa shape index (κ1) is 19.1. The summed E-state index contributed by atoms with van der Waals surface area (Å²) in [6.45, 7) is 2.08. The molecule has 4 N–H and O–H groups in total. The number of nitrogens with one attached hydrogen (secondary N) is 2. The van der Waals surface area contributed by atoms with E-state index < -0.39 is 6.04 Å². The van der Waals surface area contributed by atoms with Crippen molar-refractivity contribution in [1.82, 2.24) is 15.5 Å². The Kier molecular flexibility index (Phi) is 5.46. The molecule has 3 amide bonds. The molecule has 1 aromatic carbocycles. The molecule has 2 aliphatic heterocycles. The minimum atomic E-state index is -0.560. The zero-order chi connectivity index (χ0) is 19.7. The van der Waals surface area contributed by atoms with Crippen molar-refractivity contribution in [3.8, 4) is 0 Å². The van der Waals surface area contributed by atoms with Gasteiger partial charge in [-0.15, -0.1) is 0 Å². The first-order chi connectivity index (χ1) is 13.5. The molecule has 1 saturated carbocycles. The lowest BCUT2D eigenvalue weighted by Crippen LogP contribution is -2.52. The highest BCUT2D eigenvalue weighted by Crippen LogP contribution is 2.28. The Labute approximate surface area is 165 Å². The molecule has 3 atom stereocenters. The maximum absolute atomic E-state index is 12.9. The van der Waals surface area contributed by atoms with Gasteiger partial charge in [0.25, 0.3) is 5.91 Å². The van der Waals surface area contributed by atoms with Crippen molar-refractivity contribution in [2.75, 3.05) is 6.54 Å². The molecule has 150 valence electrons. The van der Waals surface area contributed by atoms with E-state index in [0.29, 0.717) is 37.0 Å². The summed E-state index contributed by atoms with van der Waals surface area (Å²) in [4.78, 5) is 37.9. The van der Waals surface area contributed by atoms with Gasteiger partial charge in [0.05, 0.1) is 0 Å². The van der Waals surface area contributed by atoms with Crippen molar-refractivity contribution < 1.29 is 14.4 Å². The molecule has 0 bridgehead atoms. The van der Waals surface area contributed by atoms with Crippen LogP contribution in [0.2, 0.25) is 0 Å². The Bertz CT molecular complexity index is 794. The Balaban J connectivity index is 1.36. The van der Waals surface area contributed by atoms with E-state index in [4.69, 9.17) is 5.73 Å². The summed E-state index contributed by atoms with van der Waals surface area (Å²) in [6, 6.07) is 5.72. The molecule has 7 heteroatoms. The molecule has 1 unspecified atom stereocenters. The lowest BCUT2D eigenvalue weighted by Gasteiger charge is -2.29. The monoisotopic (exact) mass is 384 g/mol. The SMILES string of the molecule is N[C@@H]1CCC[C@H](CNCc2ccc3c(c2)C(=O)N(C2CCC(=O)NC2=O)C3)C1. The number of amides is 3. The normalized spacial score (nSPS) is 27.7. The third-order valence-corrected chi connectivity index (χ3v) is 6.18. The summed E-state index contributed by atoms with van der Waals surface area (Å²) in [7, 11) is 0. The molecule has 3 aliphatic rings. The lowest BCUT2D eigenvalue weighted by molar-refractivity contribution is -0.136. The number of carbonyl (C=O) groups excluding carboxylic acids is 3. The van der Waals surface area contributed by atoms with Crippen LogP contribution in [0.4, 0.5) is 0 Å². The van der Waals surface area contributed by atoms with Crippen molar-refractivity contribution >= 4 is 17.7 Å². The molecule has 28 heavy (non-hydrogen) atoms. The molecular formula is C21H28N4O3. The number of imide groups is 1. The molecule has 1 aliphatic carbocycles. The number of rotatable bonds is 5. The third-order valence-electron chi connectivity index (χ3n) is 6.18. The standard InChI is InChI=1S/C21H28N4O3/c22-16-3-1-2-13(8-16)10-23-11-14-4-5-15-12-25(21(28)17(15)9-14)18-6-7-19(26)24-20(18)27/h4-5,9,13,16,18,23H,1-3,6-8,10-12,22H2,(H,24,26,27)/t13-,16+,18?/m0/s1. The predicted octanol–water partition coefficient (Wildman–Crippen LogP) is 1.05. The Morgan fingerprint density at radius 1 is 1.18 bits per heavy atom. The van der Waals surface area contributed by atoms with Crippen LogP contribution < -0.4 is 16.4 Å². The second kappa shape index (κ2) is 8.01. The van der Waals surface area contributed by atoms with E-state index in [0.717, 1.165) is 30.5 Å². The predicted molar refractivity (Wildman–Crippen MR) is 104 cm³/mol. The highest BCUT2D eigenvalue weighted by Gasteiger charge is 2.39. The second-order valence-corrected chi connectivity index (χ2v) is 8.32. The minimum Gasteiger partial charge on any atom is -0.328 e. The Morgan fingerprint density at radius 2 is 2.04 bits per heavy atom. The van der Waals surface area contributed by atoms with E-state index in [1.54, 1.807) is 4.90 Å². The van der Waals surface area contributed by atoms with E-state index in [-0.39, 0.29) is 24.1 Å². The molecule has 0 radical (unpaired) electrons. The summed E-state index contributed by atoms with van der Waals surface area (Å²) in [5.74, 6) is -0.130. The van der Waals surface area contributed by atoms with E-state index >= 15 is 0 Å². The van der Waals surface area contributed by atoms with Crippen LogP contribution in [0, 0.1) is 5.92 Å². The average Bonchev–Trinajstić information content (AvgIpc) is 2.98. The van der Waals surface area contributed by atoms with Gasteiger partial charge >= 0.3 is 0 Å². The summed E-state index contributed by atoms with van der Waals surface area (Å²) >= 11 is 0. The second-order valence-electron chi connectivity index (χ2n) is 8.32. The highest BCUT2D eigenvalue weighted by atomic mass is 16.2. The number of hydrogen-bond acceptors (Lipinski definition) is 5. The van der Waals surface area contributed by atoms with Gasteiger partial charge < -0.3 is 16.0 Å². The van der Waals surface area contributed by atoms with Crippen LogP contribution >= 0.6 is 0 Å². The fraction of sp³-hybridized carbons (Fsp3) is 0.571. The van der Waals surface area contributed by atoms with Crippen molar-refractivity contribution in [2.24, 2.45) is 11.7 Å². The van der Waals surface area contributed by atoms with Gasteiger partial charge in [-0.05, 0) is 55.3 Å². The average molecular weight is 384 g/mol. The molecule has 1 aromatic rings. The van der Waals surface area contributed by atoms with Crippen molar-refractivity contribution in [3.63, 3.8) is 0 Å². The number of piperidine rings is 1. The minimum absolute atomic E-state index is 0.121. The Morgan fingerprint density at radius 3 is 2.82 bits per heavy atom. The largest absolute Gasteiger partial charge is 0.328 e. The quantitative estimate of drug-likeness (QED) is 0.659. The lowest BCUT2D eigenvalue weighted by atomic mass is 9.86. The number of hydrogen-bond donors (Lipinski definition) is 3. The maximum Gasteiger partial charge on any atom is 0.255 e. The van der Waals surface area contributed by atoms with Gasteiger partial charge in [0, 0.05) is 31.1 Å². The van der Waals surface area contributed by atoms with Crippen molar-refractivity contribution in [3.05, 3.63) is 34.9 Å². The summed E-state index contributed by atoms with van der Waals surface area (Å²) in [5, 5.41) is 5.84. The third kappa shape index (κ3) is 3.95. The summed E-state index contributed by atoms with van der Waals surface area (Å²) in [5.41, 5.74) is 8.74. The fourth-order valence-corrected chi connectivity index (χ4v) is 4.65. The van der Waals surface area contributed by atoms with Crippen molar-refractivity contribution in [1.29, 1.82) is 0 Å². The number of nitrogens with zero attached hydrogens (tertiary/aromatic N) is 1. The van der Waals surface area contributed by atoms with E-state index in [1.165, 1.54) is 12.8 Å². The molecule has 1 saturated heterocycles. The number of benzene rings is 1. The van der Waals surface area contributed by atoms with E-state index in [2.05, 4.69) is 10.6 Å². The molecule has 2 fully saturated rings. The number of nitrogens with two attached hydrogens (primary N) is 1. The topological polar surface area (TPSA) is 105 Å². The van der Waals surface area contributed by atoms with Crippen LogP contribution in [0.5, 0.6) is 0 Å². The van der Waals surface area contributed by atoms with Gasteiger partial charge in [0.15, 0.2) is 0 Å². The molecule has 0 spiro atoms. The molecule has 0 aromatic heterocycles. The molecule has 4 rings (SSSR count). The van der Waals surface area contributed by atoms with Crippen LogP contribution in [-0.4, -0.2) is 41.2 Å². The van der Waals surface area contributed by atoms with E-state index in [1.807, 2.05) is 18.2 Å². The zero-order valence-electron chi connectivity index (χ0n) is 16.1. The van der Waals surface area contributed by atoms with Crippen LogP contribution in [0.3, 0.4) is 0 Å². The molecule has 7 nitrogen and oxygen atoms in total. The first-order valence-electron chi connectivity index (χ1n) is 10.2. The summed E-state index contributed by atoms with van der Waals surface area (Å²) < 4.78 is 0. The number of fused-ring (bicyclic) bond motifs is 1. The van der Waals surface area contributed by atoms with Gasteiger partial charge in [0.1, 0.15) is 6.04 Å². The summed E-state index contributed by atoms with van der Waals surface area (Å²) in [6.07, 6.45) is 5.31. The fourth-order valence-electron chi connectivity index (χ4n) is 4.65. The van der Waals surface area contributed by atoms with E-state index in [9.17, 15) is 14.4 Å².